The summed E-state index contributed by atoms with van der Waals surface area (Å²) in [5, 5.41) is 5.92. The van der Waals surface area contributed by atoms with Crippen LogP contribution in [0.2, 0.25) is 0 Å². The van der Waals surface area contributed by atoms with E-state index in [1.807, 2.05) is 6.07 Å². The first-order chi connectivity index (χ1) is 12.7. The Morgan fingerprint density at radius 1 is 1.08 bits per heavy atom. The van der Waals surface area contributed by atoms with Gasteiger partial charge in [-0.2, -0.15) is 0 Å². The molecule has 0 radical (unpaired) electrons. The number of urea groups is 1. The van der Waals surface area contributed by atoms with Gasteiger partial charge < -0.3 is 15.4 Å². The van der Waals surface area contributed by atoms with Crippen LogP contribution in [-0.4, -0.2) is 17.1 Å². The molecule has 2 amide bonds. The minimum atomic E-state index is -0.311. The SMILES string of the molecule is O=C(NCc1ccc(Oc2ccc(F)cc2)nc1)NC1CCCCCC1. The van der Waals surface area contributed by atoms with Gasteiger partial charge >= 0.3 is 6.03 Å². The average Bonchev–Trinajstić information content (AvgIpc) is 2.92. The fourth-order valence-electron chi connectivity index (χ4n) is 3.04. The van der Waals surface area contributed by atoms with E-state index in [-0.39, 0.29) is 17.9 Å². The van der Waals surface area contributed by atoms with Crippen molar-refractivity contribution in [2.75, 3.05) is 0 Å². The standard InChI is InChI=1S/C20H24FN3O2/c21-16-8-10-18(11-9-16)26-19-12-7-15(13-22-19)14-23-20(25)24-17-5-3-1-2-4-6-17/h7-13,17H,1-6,14H2,(H2,23,24,25). The van der Waals surface area contributed by atoms with E-state index >= 15 is 0 Å². The van der Waals surface area contributed by atoms with Crippen molar-refractivity contribution in [1.29, 1.82) is 0 Å². The summed E-state index contributed by atoms with van der Waals surface area (Å²) >= 11 is 0. The maximum absolute atomic E-state index is 12.9. The van der Waals surface area contributed by atoms with E-state index in [4.69, 9.17) is 4.74 Å². The van der Waals surface area contributed by atoms with E-state index in [2.05, 4.69) is 15.6 Å². The molecule has 26 heavy (non-hydrogen) atoms. The normalized spacial score (nSPS) is 15.1. The Hall–Kier alpha value is -2.63. The molecule has 0 unspecified atom stereocenters. The van der Waals surface area contributed by atoms with E-state index in [9.17, 15) is 9.18 Å². The molecule has 5 nitrogen and oxygen atoms in total. The summed E-state index contributed by atoms with van der Waals surface area (Å²) in [6.45, 7) is 0.405. The molecule has 0 aliphatic heterocycles. The third-order valence-electron chi connectivity index (χ3n) is 4.48. The lowest BCUT2D eigenvalue weighted by atomic mass is 10.1. The quantitative estimate of drug-likeness (QED) is 0.773. The zero-order chi connectivity index (χ0) is 18.2. The summed E-state index contributed by atoms with van der Waals surface area (Å²) in [5.41, 5.74) is 0.882. The third kappa shape index (κ3) is 5.72. The summed E-state index contributed by atoms with van der Waals surface area (Å²) in [4.78, 5) is 16.2. The topological polar surface area (TPSA) is 63.2 Å². The number of ether oxygens (including phenoxy) is 1. The Labute approximate surface area is 153 Å². The van der Waals surface area contributed by atoms with Crippen molar-refractivity contribution in [1.82, 2.24) is 15.6 Å². The first kappa shape index (κ1) is 18.2. The number of rotatable bonds is 5. The first-order valence-electron chi connectivity index (χ1n) is 9.12. The van der Waals surface area contributed by atoms with Gasteiger partial charge in [0.05, 0.1) is 0 Å². The molecule has 1 heterocycles. The molecule has 1 aliphatic rings. The van der Waals surface area contributed by atoms with Crippen LogP contribution in [0.25, 0.3) is 0 Å². The van der Waals surface area contributed by atoms with Crippen molar-refractivity contribution in [3.63, 3.8) is 0 Å². The van der Waals surface area contributed by atoms with Crippen LogP contribution in [0.1, 0.15) is 44.1 Å². The summed E-state index contributed by atoms with van der Waals surface area (Å²) in [5.74, 6) is 0.629. The molecule has 138 valence electrons. The molecular weight excluding hydrogens is 333 g/mol. The second-order valence-corrected chi connectivity index (χ2v) is 6.58. The van der Waals surface area contributed by atoms with Crippen LogP contribution in [0.4, 0.5) is 9.18 Å². The van der Waals surface area contributed by atoms with Crippen molar-refractivity contribution < 1.29 is 13.9 Å². The van der Waals surface area contributed by atoms with Gasteiger partial charge in [-0.1, -0.05) is 31.7 Å². The number of carbonyl (C=O) groups excluding carboxylic acids is 1. The number of amides is 2. The number of hydrogen-bond acceptors (Lipinski definition) is 3. The van der Waals surface area contributed by atoms with Gasteiger partial charge in [-0.25, -0.2) is 14.2 Å². The van der Waals surface area contributed by atoms with E-state index < -0.39 is 0 Å². The van der Waals surface area contributed by atoms with E-state index in [0.29, 0.717) is 18.2 Å². The van der Waals surface area contributed by atoms with Gasteiger partial charge in [0, 0.05) is 24.8 Å². The average molecular weight is 357 g/mol. The van der Waals surface area contributed by atoms with Gasteiger partial charge in [0.2, 0.25) is 5.88 Å². The molecule has 0 atom stereocenters. The summed E-state index contributed by atoms with van der Waals surface area (Å²) in [6, 6.07) is 9.47. The fraction of sp³-hybridized carbons (Fsp3) is 0.400. The molecule has 0 spiro atoms. The van der Waals surface area contributed by atoms with Crippen molar-refractivity contribution in [2.24, 2.45) is 0 Å². The largest absolute Gasteiger partial charge is 0.439 e. The Morgan fingerprint density at radius 3 is 2.46 bits per heavy atom. The first-order valence-corrected chi connectivity index (χ1v) is 9.12. The molecule has 2 aromatic rings. The highest BCUT2D eigenvalue weighted by Crippen LogP contribution is 2.19. The van der Waals surface area contributed by atoms with Crippen LogP contribution in [0, 0.1) is 5.82 Å². The highest BCUT2D eigenvalue weighted by molar-refractivity contribution is 5.74. The van der Waals surface area contributed by atoms with E-state index in [1.54, 1.807) is 24.4 Å². The van der Waals surface area contributed by atoms with Gasteiger partial charge in [-0.05, 0) is 42.7 Å². The van der Waals surface area contributed by atoms with Crippen LogP contribution in [0.15, 0.2) is 42.6 Å². The number of nitrogens with zero attached hydrogens (tertiary/aromatic N) is 1. The van der Waals surface area contributed by atoms with Crippen LogP contribution < -0.4 is 15.4 Å². The van der Waals surface area contributed by atoms with Crippen LogP contribution in [0.5, 0.6) is 11.6 Å². The third-order valence-corrected chi connectivity index (χ3v) is 4.48. The molecule has 1 fully saturated rings. The monoisotopic (exact) mass is 357 g/mol. The number of nitrogens with one attached hydrogen (secondary N) is 2. The van der Waals surface area contributed by atoms with Gasteiger partial charge in [-0.3, -0.25) is 0 Å². The zero-order valence-corrected chi connectivity index (χ0v) is 14.7. The number of carbonyl (C=O) groups is 1. The Balaban J connectivity index is 1.44. The summed E-state index contributed by atoms with van der Waals surface area (Å²) in [7, 11) is 0. The number of pyridine rings is 1. The van der Waals surface area contributed by atoms with Crippen molar-refractivity contribution >= 4 is 6.03 Å². The predicted molar refractivity (Wildman–Crippen MR) is 97.6 cm³/mol. The number of halogens is 1. The lowest BCUT2D eigenvalue weighted by molar-refractivity contribution is 0.235. The number of aromatic nitrogens is 1. The van der Waals surface area contributed by atoms with Gasteiger partial charge in [0.25, 0.3) is 0 Å². The molecule has 1 aliphatic carbocycles. The predicted octanol–water partition coefficient (Wildman–Crippen LogP) is 4.54. The molecule has 6 heteroatoms. The molecule has 3 rings (SSSR count). The molecule has 1 aromatic heterocycles. The minimum Gasteiger partial charge on any atom is -0.439 e. The van der Waals surface area contributed by atoms with Crippen molar-refractivity contribution in [2.45, 2.75) is 51.1 Å². The van der Waals surface area contributed by atoms with Crippen molar-refractivity contribution in [3.05, 3.63) is 54.0 Å². The molecule has 2 N–H and O–H groups in total. The van der Waals surface area contributed by atoms with Gasteiger partial charge in [0.15, 0.2) is 0 Å². The smallest absolute Gasteiger partial charge is 0.315 e. The van der Waals surface area contributed by atoms with Gasteiger partial charge in [0.1, 0.15) is 11.6 Å². The maximum Gasteiger partial charge on any atom is 0.315 e. The highest BCUT2D eigenvalue weighted by Gasteiger charge is 2.14. The molecule has 0 bridgehead atoms. The van der Waals surface area contributed by atoms with Crippen LogP contribution in [0.3, 0.4) is 0 Å². The minimum absolute atomic E-state index is 0.136. The molecule has 1 saturated carbocycles. The van der Waals surface area contributed by atoms with E-state index in [1.165, 1.54) is 37.8 Å². The zero-order valence-electron chi connectivity index (χ0n) is 14.7. The lowest BCUT2D eigenvalue weighted by Crippen LogP contribution is -2.41. The van der Waals surface area contributed by atoms with Gasteiger partial charge in [-0.15, -0.1) is 0 Å². The Kier molecular flexibility index (Phi) is 6.41. The second kappa shape index (κ2) is 9.17. The second-order valence-electron chi connectivity index (χ2n) is 6.58. The van der Waals surface area contributed by atoms with Crippen LogP contribution >= 0.6 is 0 Å². The lowest BCUT2D eigenvalue weighted by Gasteiger charge is -2.16. The Bertz CT molecular complexity index is 696. The fourth-order valence-corrected chi connectivity index (χ4v) is 3.04. The molecule has 0 saturated heterocycles. The number of benzene rings is 1. The number of hydrogen-bond donors (Lipinski definition) is 2. The van der Waals surface area contributed by atoms with Crippen molar-refractivity contribution in [3.8, 4) is 11.6 Å². The maximum atomic E-state index is 12.9. The molecule has 1 aromatic carbocycles. The highest BCUT2D eigenvalue weighted by atomic mass is 19.1. The molecular formula is C20H24FN3O2. The van der Waals surface area contributed by atoms with E-state index in [0.717, 1.165) is 18.4 Å². The summed E-state index contributed by atoms with van der Waals surface area (Å²) in [6.07, 6.45) is 8.67. The Morgan fingerprint density at radius 2 is 1.81 bits per heavy atom. The van der Waals surface area contributed by atoms with Crippen LogP contribution in [-0.2, 0) is 6.54 Å². The summed E-state index contributed by atoms with van der Waals surface area (Å²) < 4.78 is 18.4.